The van der Waals surface area contributed by atoms with Crippen LogP contribution in [-0.4, -0.2) is 43.1 Å². The lowest BCUT2D eigenvalue weighted by atomic mass is 9.99. The molecular formula is C20H19Cl2FN4O2. The molecule has 1 aromatic carbocycles. The molecule has 0 aliphatic rings. The number of nitrogens with zero attached hydrogens (tertiary/aromatic N) is 3. The maximum Gasteiger partial charge on any atom is 0.253 e. The molecule has 0 radical (unpaired) electrons. The number of imidazole rings is 1. The molecule has 0 unspecified atom stereocenters. The molecule has 3 rings (SSSR count). The molecule has 0 aliphatic heterocycles. The second-order valence-corrected chi connectivity index (χ2v) is 7.51. The maximum absolute atomic E-state index is 13.3. The van der Waals surface area contributed by atoms with Gasteiger partial charge in [-0.05, 0) is 17.2 Å². The van der Waals surface area contributed by atoms with Crippen LogP contribution in [0.2, 0.25) is 0 Å². The highest BCUT2D eigenvalue weighted by atomic mass is 35.5. The normalized spacial score (nSPS) is 13.3. The van der Waals surface area contributed by atoms with Crippen molar-refractivity contribution in [1.29, 1.82) is 0 Å². The van der Waals surface area contributed by atoms with Gasteiger partial charge >= 0.3 is 0 Å². The van der Waals surface area contributed by atoms with E-state index in [1.54, 1.807) is 43.0 Å². The van der Waals surface area contributed by atoms with E-state index in [0.717, 1.165) is 16.8 Å². The summed E-state index contributed by atoms with van der Waals surface area (Å²) in [4.78, 5) is 18.7. The Morgan fingerprint density at radius 2 is 1.90 bits per heavy atom. The van der Waals surface area contributed by atoms with Gasteiger partial charge in [-0.3, -0.25) is 9.78 Å². The number of rotatable bonds is 8. The molecule has 0 saturated heterocycles. The molecule has 1 amide bonds. The molecule has 3 aromatic rings. The standard InChI is InChI=1S/C20H19Cl2FN4O2/c21-19(22)20(29)26-17(9-23)18(28)14-3-1-13(2-4-14)15-5-6-16(25-10-15)11-27-8-7-24-12-27/h1-8,10,12,17-19,28H,9,11H2,(H,26,29)/t17-,18+/m1/s1. The fourth-order valence-electron chi connectivity index (χ4n) is 2.81. The monoisotopic (exact) mass is 436 g/mol. The van der Waals surface area contributed by atoms with Crippen molar-refractivity contribution in [2.45, 2.75) is 23.5 Å². The Morgan fingerprint density at radius 3 is 2.45 bits per heavy atom. The number of pyridine rings is 1. The van der Waals surface area contributed by atoms with Gasteiger partial charge in [-0.1, -0.05) is 53.5 Å². The predicted octanol–water partition coefficient (Wildman–Crippen LogP) is 3.28. The molecule has 29 heavy (non-hydrogen) atoms. The van der Waals surface area contributed by atoms with Crippen molar-refractivity contribution in [2.24, 2.45) is 0 Å². The molecule has 0 spiro atoms. The Bertz CT molecular complexity index is 919. The van der Waals surface area contributed by atoms with E-state index in [0.29, 0.717) is 12.1 Å². The topological polar surface area (TPSA) is 80.0 Å². The van der Waals surface area contributed by atoms with Crippen LogP contribution in [-0.2, 0) is 11.3 Å². The van der Waals surface area contributed by atoms with Crippen LogP contribution in [0.25, 0.3) is 11.1 Å². The second-order valence-electron chi connectivity index (χ2n) is 6.41. The lowest BCUT2D eigenvalue weighted by Gasteiger charge is -2.22. The number of nitrogens with one attached hydrogen (secondary N) is 1. The average molecular weight is 437 g/mol. The van der Waals surface area contributed by atoms with E-state index >= 15 is 0 Å². The van der Waals surface area contributed by atoms with Gasteiger partial charge in [0.05, 0.1) is 24.6 Å². The van der Waals surface area contributed by atoms with Crippen molar-refractivity contribution >= 4 is 29.1 Å². The summed E-state index contributed by atoms with van der Waals surface area (Å²) in [6, 6.07) is 9.69. The number of halogens is 3. The predicted molar refractivity (Wildman–Crippen MR) is 109 cm³/mol. The fraction of sp³-hybridized carbons (Fsp3) is 0.250. The minimum absolute atomic E-state index is 0.460. The number of hydrogen-bond acceptors (Lipinski definition) is 4. The summed E-state index contributed by atoms with van der Waals surface area (Å²) < 4.78 is 15.2. The molecule has 2 aromatic heterocycles. The van der Waals surface area contributed by atoms with Crippen LogP contribution in [0.5, 0.6) is 0 Å². The van der Waals surface area contributed by atoms with Crippen molar-refractivity contribution in [3.63, 3.8) is 0 Å². The first-order valence-corrected chi connectivity index (χ1v) is 9.68. The number of alkyl halides is 3. The van der Waals surface area contributed by atoms with E-state index in [9.17, 15) is 14.3 Å². The summed E-state index contributed by atoms with van der Waals surface area (Å²) in [5.74, 6) is -0.756. The molecule has 2 atom stereocenters. The fourth-order valence-corrected chi connectivity index (χ4v) is 2.93. The van der Waals surface area contributed by atoms with Crippen LogP contribution >= 0.6 is 23.2 Å². The van der Waals surface area contributed by atoms with E-state index < -0.39 is 29.6 Å². The summed E-state index contributed by atoms with van der Waals surface area (Å²) in [5, 5.41) is 12.7. The number of carbonyl (C=O) groups is 1. The summed E-state index contributed by atoms with van der Waals surface area (Å²) >= 11 is 10.9. The zero-order valence-corrected chi connectivity index (χ0v) is 16.8. The van der Waals surface area contributed by atoms with Crippen molar-refractivity contribution in [2.75, 3.05) is 6.67 Å². The Labute approximate surface area is 177 Å². The van der Waals surface area contributed by atoms with E-state index in [2.05, 4.69) is 15.3 Å². The van der Waals surface area contributed by atoms with Gasteiger partial charge in [0.2, 0.25) is 0 Å². The third-order valence-electron chi connectivity index (χ3n) is 4.39. The minimum Gasteiger partial charge on any atom is -0.386 e. The Morgan fingerprint density at radius 1 is 1.17 bits per heavy atom. The molecule has 2 N–H and O–H groups in total. The highest BCUT2D eigenvalue weighted by molar-refractivity contribution is 6.53. The zero-order valence-electron chi connectivity index (χ0n) is 15.3. The number of benzene rings is 1. The highest BCUT2D eigenvalue weighted by Crippen LogP contribution is 2.24. The lowest BCUT2D eigenvalue weighted by molar-refractivity contribution is -0.121. The number of amides is 1. The molecular weight excluding hydrogens is 418 g/mol. The summed E-state index contributed by atoms with van der Waals surface area (Å²) in [7, 11) is 0. The minimum atomic E-state index is -1.33. The summed E-state index contributed by atoms with van der Waals surface area (Å²) in [6.45, 7) is -0.329. The second kappa shape index (κ2) is 9.82. The summed E-state index contributed by atoms with van der Waals surface area (Å²) in [5.41, 5.74) is 3.16. The van der Waals surface area contributed by atoms with Crippen LogP contribution in [0.4, 0.5) is 4.39 Å². The van der Waals surface area contributed by atoms with Gasteiger partial charge in [-0.25, -0.2) is 9.37 Å². The van der Waals surface area contributed by atoms with Gasteiger partial charge in [0.25, 0.3) is 5.91 Å². The number of carbonyl (C=O) groups excluding carboxylic acids is 1. The quantitative estimate of drug-likeness (QED) is 0.531. The molecule has 2 heterocycles. The van der Waals surface area contributed by atoms with E-state index in [1.807, 2.05) is 22.9 Å². The van der Waals surface area contributed by atoms with Gasteiger partial charge in [-0.2, -0.15) is 0 Å². The Hall–Kier alpha value is -2.48. The third-order valence-corrected chi connectivity index (χ3v) is 4.78. The molecule has 9 heteroatoms. The van der Waals surface area contributed by atoms with Crippen LogP contribution in [0.3, 0.4) is 0 Å². The van der Waals surface area contributed by atoms with E-state index in [1.165, 1.54) is 0 Å². The van der Waals surface area contributed by atoms with Crippen LogP contribution in [0.1, 0.15) is 17.4 Å². The van der Waals surface area contributed by atoms with Crippen LogP contribution < -0.4 is 5.32 Å². The third kappa shape index (κ3) is 5.53. The molecule has 0 saturated carbocycles. The zero-order chi connectivity index (χ0) is 20.8. The van der Waals surface area contributed by atoms with Crippen molar-refractivity contribution in [3.05, 3.63) is 72.6 Å². The van der Waals surface area contributed by atoms with Gasteiger partial charge in [0.15, 0.2) is 4.84 Å². The van der Waals surface area contributed by atoms with E-state index in [-0.39, 0.29) is 0 Å². The SMILES string of the molecule is O=C(N[C@H](CF)[C@@H](O)c1ccc(-c2ccc(Cn3ccnc3)nc2)cc1)C(Cl)Cl. The lowest BCUT2D eigenvalue weighted by Crippen LogP contribution is -2.43. The summed E-state index contributed by atoms with van der Waals surface area (Å²) in [6.07, 6.45) is 5.84. The number of hydrogen-bond donors (Lipinski definition) is 2. The first kappa shape index (κ1) is 21.2. The van der Waals surface area contributed by atoms with E-state index in [4.69, 9.17) is 23.2 Å². The largest absolute Gasteiger partial charge is 0.386 e. The first-order valence-electron chi connectivity index (χ1n) is 8.81. The van der Waals surface area contributed by atoms with Crippen molar-refractivity contribution < 1.29 is 14.3 Å². The van der Waals surface area contributed by atoms with Gasteiger partial charge < -0.3 is 15.0 Å². The molecule has 152 valence electrons. The highest BCUT2D eigenvalue weighted by Gasteiger charge is 2.25. The smallest absolute Gasteiger partial charge is 0.253 e. The molecule has 0 aliphatic carbocycles. The average Bonchev–Trinajstić information content (AvgIpc) is 3.25. The van der Waals surface area contributed by atoms with Crippen LogP contribution in [0, 0.1) is 0 Å². The number of aliphatic hydroxyl groups is 1. The molecule has 0 bridgehead atoms. The number of aromatic nitrogens is 3. The van der Waals surface area contributed by atoms with Crippen molar-refractivity contribution in [1.82, 2.24) is 19.9 Å². The Balaban J connectivity index is 1.68. The molecule has 0 fully saturated rings. The molecule has 6 nitrogen and oxygen atoms in total. The van der Waals surface area contributed by atoms with Gasteiger partial charge in [0, 0.05) is 24.2 Å². The van der Waals surface area contributed by atoms with Crippen LogP contribution in [0.15, 0.2) is 61.3 Å². The van der Waals surface area contributed by atoms with Gasteiger partial charge in [0.1, 0.15) is 12.8 Å². The number of aliphatic hydroxyl groups excluding tert-OH is 1. The van der Waals surface area contributed by atoms with Gasteiger partial charge in [-0.15, -0.1) is 0 Å². The Kier molecular flexibility index (Phi) is 7.19. The first-order chi connectivity index (χ1) is 14.0. The maximum atomic E-state index is 13.3. The van der Waals surface area contributed by atoms with Crippen molar-refractivity contribution in [3.8, 4) is 11.1 Å².